The summed E-state index contributed by atoms with van der Waals surface area (Å²) < 4.78 is 0. The van der Waals surface area contributed by atoms with Crippen molar-refractivity contribution in [2.45, 2.75) is 13.3 Å². The number of fused-ring (bicyclic) bond motifs is 2. The SMILES string of the molecule is CC(=O)Nc1cccc(NC(=O)[C@@H]2[C@@H](C(=O)O)[C@H]3C=C[C@@H]2C3)c1. The number of carbonyl (C=O) groups excluding carboxylic acids is 2. The fourth-order valence-corrected chi connectivity index (χ4v) is 3.62. The smallest absolute Gasteiger partial charge is 0.307 e. The second kappa shape index (κ2) is 5.87. The molecule has 1 saturated carbocycles. The van der Waals surface area contributed by atoms with Gasteiger partial charge in [-0.2, -0.15) is 0 Å². The quantitative estimate of drug-likeness (QED) is 0.742. The zero-order valence-corrected chi connectivity index (χ0v) is 12.7. The average Bonchev–Trinajstić information content (AvgIpc) is 3.07. The van der Waals surface area contributed by atoms with Gasteiger partial charge in [0.1, 0.15) is 0 Å². The largest absolute Gasteiger partial charge is 0.481 e. The van der Waals surface area contributed by atoms with Crippen LogP contribution in [-0.4, -0.2) is 22.9 Å². The first-order valence-electron chi connectivity index (χ1n) is 7.55. The summed E-state index contributed by atoms with van der Waals surface area (Å²) in [6, 6.07) is 6.80. The molecule has 6 nitrogen and oxygen atoms in total. The molecule has 1 fully saturated rings. The zero-order chi connectivity index (χ0) is 16.6. The minimum Gasteiger partial charge on any atom is -0.481 e. The molecule has 0 aliphatic heterocycles. The van der Waals surface area contributed by atoms with Gasteiger partial charge in [-0.05, 0) is 36.5 Å². The third kappa shape index (κ3) is 2.97. The van der Waals surface area contributed by atoms with Gasteiger partial charge >= 0.3 is 5.97 Å². The highest BCUT2D eigenvalue weighted by Crippen LogP contribution is 2.48. The van der Waals surface area contributed by atoms with Crippen LogP contribution in [0.1, 0.15) is 13.3 Å². The number of carboxylic acid groups (broad SMARTS) is 1. The van der Waals surface area contributed by atoms with E-state index < -0.39 is 17.8 Å². The summed E-state index contributed by atoms with van der Waals surface area (Å²) in [6.45, 7) is 1.41. The lowest BCUT2D eigenvalue weighted by Crippen LogP contribution is -2.36. The Labute approximate surface area is 133 Å². The van der Waals surface area contributed by atoms with Crippen molar-refractivity contribution in [1.29, 1.82) is 0 Å². The molecule has 3 rings (SSSR count). The maximum absolute atomic E-state index is 12.6. The Kier molecular flexibility index (Phi) is 3.90. The number of hydrogen-bond donors (Lipinski definition) is 3. The van der Waals surface area contributed by atoms with Crippen molar-refractivity contribution in [3.8, 4) is 0 Å². The number of aliphatic carboxylic acids is 1. The summed E-state index contributed by atoms with van der Waals surface area (Å²) in [7, 11) is 0. The van der Waals surface area contributed by atoms with Crippen LogP contribution >= 0.6 is 0 Å². The molecule has 0 radical (unpaired) electrons. The van der Waals surface area contributed by atoms with Crippen LogP contribution in [0, 0.1) is 23.7 Å². The van der Waals surface area contributed by atoms with E-state index in [1.165, 1.54) is 6.92 Å². The standard InChI is InChI=1S/C17H18N2O4/c1-9(20)18-12-3-2-4-13(8-12)19-16(21)14-10-5-6-11(7-10)15(14)17(22)23/h2-6,8,10-11,14-15H,7H2,1H3,(H,18,20)(H,19,21)(H,22,23)/t10-,11+,14+,15+/m1/s1. The van der Waals surface area contributed by atoms with E-state index in [1.54, 1.807) is 24.3 Å². The minimum atomic E-state index is -0.922. The van der Waals surface area contributed by atoms with Crippen molar-refractivity contribution < 1.29 is 19.5 Å². The second-order valence-corrected chi connectivity index (χ2v) is 6.09. The van der Waals surface area contributed by atoms with E-state index in [2.05, 4.69) is 10.6 Å². The Bertz CT molecular complexity index is 698. The fourth-order valence-electron chi connectivity index (χ4n) is 3.62. The van der Waals surface area contributed by atoms with E-state index >= 15 is 0 Å². The normalized spacial score (nSPS) is 27.7. The van der Waals surface area contributed by atoms with Gasteiger partial charge in [-0.15, -0.1) is 0 Å². The van der Waals surface area contributed by atoms with Crippen LogP contribution in [0.3, 0.4) is 0 Å². The first-order chi connectivity index (χ1) is 11.0. The number of carboxylic acids is 1. The third-order valence-electron chi connectivity index (χ3n) is 4.50. The molecule has 1 aromatic carbocycles. The molecule has 2 aliphatic rings. The molecule has 0 saturated heterocycles. The van der Waals surface area contributed by atoms with Crippen LogP contribution in [0.4, 0.5) is 11.4 Å². The summed E-state index contributed by atoms with van der Waals surface area (Å²) >= 11 is 0. The van der Waals surface area contributed by atoms with E-state index in [1.807, 2.05) is 12.2 Å². The van der Waals surface area contributed by atoms with Crippen molar-refractivity contribution >= 4 is 29.2 Å². The van der Waals surface area contributed by atoms with Gasteiger partial charge in [0, 0.05) is 18.3 Å². The molecular weight excluding hydrogens is 296 g/mol. The van der Waals surface area contributed by atoms with Gasteiger partial charge in [0.2, 0.25) is 11.8 Å². The van der Waals surface area contributed by atoms with Gasteiger partial charge in [0.15, 0.2) is 0 Å². The lowest BCUT2D eigenvalue weighted by Gasteiger charge is -2.24. The number of rotatable bonds is 4. The van der Waals surface area contributed by atoms with Gasteiger partial charge in [-0.1, -0.05) is 18.2 Å². The predicted molar refractivity (Wildman–Crippen MR) is 84.7 cm³/mol. The lowest BCUT2D eigenvalue weighted by molar-refractivity contribution is -0.146. The molecule has 0 heterocycles. The van der Waals surface area contributed by atoms with Crippen LogP contribution in [0.15, 0.2) is 36.4 Å². The number of nitrogens with one attached hydrogen (secondary N) is 2. The molecule has 4 atom stereocenters. The summed E-state index contributed by atoms with van der Waals surface area (Å²) in [4.78, 5) is 35.1. The highest BCUT2D eigenvalue weighted by Gasteiger charge is 2.51. The Morgan fingerprint density at radius 3 is 2.26 bits per heavy atom. The Balaban J connectivity index is 1.75. The van der Waals surface area contributed by atoms with E-state index in [-0.39, 0.29) is 23.7 Å². The molecular formula is C17H18N2O4. The molecule has 23 heavy (non-hydrogen) atoms. The first kappa shape index (κ1) is 15.3. The van der Waals surface area contributed by atoms with Crippen LogP contribution in [0.5, 0.6) is 0 Å². The highest BCUT2D eigenvalue weighted by atomic mass is 16.4. The number of anilines is 2. The van der Waals surface area contributed by atoms with Crippen LogP contribution in [0.25, 0.3) is 0 Å². The van der Waals surface area contributed by atoms with Gasteiger partial charge in [0.05, 0.1) is 11.8 Å². The molecule has 2 amide bonds. The number of amides is 2. The van der Waals surface area contributed by atoms with Gasteiger partial charge in [0.25, 0.3) is 0 Å². The molecule has 2 bridgehead atoms. The van der Waals surface area contributed by atoms with E-state index in [0.717, 1.165) is 6.42 Å². The molecule has 1 aromatic rings. The molecule has 6 heteroatoms. The van der Waals surface area contributed by atoms with Gasteiger partial charge in [-0.25, -0.2) is 0 Å². The van der Waals surface area contributed by atoms with Gasteiger partial charge < -0.3 is 15.7 Å². The Hall–Kier alpha value is -2.63. The molecule has 120 valence electrons. The summed E-state index contributed by atoms with van der Waals surface area (Å²) in [5, 5.41) is 14.8. The third-order valence-corrected chi connectivity index (χ3v) is 4.50. The molecule has 0 aromatic heterocycles. The summed E-state index contributed by atoms with van der Waals surface area (Å²) in [5.41, 5.74) is 1.12. The van der Waals surface area contributed by atoms with Crippen LogP contribution in [0.2, 0.25) is 0 Å². The predicted octanol–water partition coefficient (Wildman–Crippen LogP) is 2.11. The van der Waals surface area contributed by atoms with Crippen LogP contribution < -0.4 is 10.6 Å². The van der Waals surface area contributed by atoms with Gasteiger partial charge in [-0.3, -0.25) is 14.4 Å². The van der Waals surface area contributed by atoms with Crippen molar-refractivity contribution in [3.63, 3.8) is 0 Å². The maximum Gasteiger partial charge on any atom is 0.307 e. The topological polar surface area (TPSA) is 95.5 Å². The summed E-state index contributed by atoms with van der Waals surface area (Å²) in [6.07, 6.45) is 4.58. The molecule has 2 aliphatic carbocycles. The Morgan fingerprint density at radius 2 is 1.65 bits per heavy atom. The number of hydrogen-bond acceptors (Lipinski definition) is 3. The molecule has 0 spiro atoms. The van der Waals surface area contributed by atoms with Crippen molar-refractivity contribution in [1.82, 2.24) is 0 Å². The number of allylic oxidation sites excluding steroid dienone is 2. The van der Waals surface area contributed by atoms with Crippen molar-refractivity contribution in [3.05, 3.63) is 36.4 Å². The van der Waals surface area contributed by atoms with E-state index in [4.69, 9.17) is 0 Å². The second-order valence-electron chi connectivity index (χ2n) is 6.09. The van der Waals surface area contributed by atoms with Crippen LogP contribution in [-0.2, 0) is 14.4 Å². The number of benzene rings is 1. The average molecular weight is 314 g/mol. The lowest BCUT2D eigenvalue weighted by atomic mass is 9.82. The number of carbonyl (C=O) groups is 3. The van der Waals surface area contributed by atoms with E-state index in [9.17, 15) is 19.5 Å². The monoisotopic (exact) mass is 314 g/mol. The molecule has 0 unspecified atom stereocenters. The minimum absolute atomic E-state index is 0.0142. The molecule has 3 N–H and O–H groups in total. The van der Waals surface area contributed by atoms with Crippen molar-refractivity contribution in [2.24, 2.45) is 23.7 Å². The zero-order valence-electron chi connectivity index (χ0n) is 12.7. The first-order valence-corrected chi connectivity index (χ1v) is 7.55. The maximum atomic E-state index is 12.6. The Morgan fingerprint density at radius 1 is 1.04 bits per heavy atom. The highest BCUT2D eigenvalue weighted by molar-refractivity contribution is 5.97. The fraction of sp³-hybridized carbons (Fsp3) is 0.353. The van der Waals surface area contributed by atoms with Crippen molar-refractivity contribution in [2.75, 3.05) is 10.6 Å². The van der Waals surface area contributed by atoms with E-state index in [0.29, 0.717) is 11.4 Å². The summed E-state index contributed by atoms with van der Waals surface area (Å²) in [5.74, 6) is -2.69.